The summed E-state index contributed by atoms with van der Waals surface area (Å²) in [7, 11) is 0. The number of piperidine rings is 1. The van der Waals surface area contributed by atoms with Crippen LogP contribution in [0, 0.1) is 12.8 Å². The van der Waals surface area contributed by atoms with E-state index in [1.54, 1.807) is 4.90 Å². The third-order valence-corrected chi connectivity index (χ3v) is 7.02. The molecule has 2 unspecified atom stereocenters. The molecule has 4 rings (SSSR count). The molecule has 0 radical (unpaired) electrons. The van der Waals surface area contributed by atoms with Crippen molar-refractivity contribution in [3.63, 3.8) is 0 Å². The monoisotopic (exact) mass is 426 g/mol. The minimum absolute atomic E-state index is 0.0154. The zero-order valence-electron chi connectivity index (χ0n) is 18.8. The quantitative estimate of drug-likeness (QED) is 0.738. The van der Waals surface area contributed by atoms with Gasteiger partial charge in [0.05, 0.1) is 12.0 Å². The Labute approximate surface area is 185 Å². The van der Waals surface area contributed by atoms with Crippen molar-refractivity contribution in [1.29, 1.82) is 0 Å². The molecule has 0 spiro atoms. The van der Waals surface area contributed by atoms with Crippen LogP contribution in [0.1, 0.15) is 38.2 Å². The van der Waals surface area contributed by atoms with Gasteiger partial charge in [-0.3, -0.25) is 19.3 Å². The summed E-state index contributed by atoms with van der Waals surface area (Å²) in [6, 6.07) is 7.73. The van der Waals surface area contributed by atoms with Gasteiger partial charge < -0.3 is 14.7 Å². The normalized spacial score (nSPS) is 23.9. The van der Waals surface area contributed by atoms with Crippen molar-refractivity contribution >= 4 is 23.4 Å². The molecule has 7 heteroatoms. The first-order chi connectivity index (χ1) is 14.9. The van der Waals surface area contributed by atoms with Gasteiger partial charge in [-0.15, -0.1) is 0 Å². The van der Waals surface area contributed by atoms with E-state index in [1.165, 1.54) is 6.42 Å². The molecule has 31 heavy (non-hydrogen) atoms. The molecule has 168 valence electrons. The van der Waals surface area contributed by atoms with Gasteiger partial charge in [0.2, 0.25) is 17.7 Å². The molecule has 3 fully saturated rings. The number of anilines is 1. The molecule has 0 saturated carbocycles. The fourth-order valence-electron chi connectivity index (χ4n) is 4.97. The molecule has 0 aromatic heterocycles. The summed E-state index contributed by atoms with van der Waals surface area (Å²) >= 11 is 0. The number of hydrogen-bond acceptors (Lipinski definition) is 4. The second kappa shape index (κ2) is 9.39. The summed E-state index contributed by atoms with van der Waals surface area (Å²) in [6.07, 6.45) is 3.68. The largest absolute Gasteiger partial charge is 0.341 e. The van der Waals surface area contributed by atoms with Gasteiger partial charge in [0, 0.05) is 57.9 Å². The molecule has 2 atom stereocenters. The molecule has 1 aromatic rings. The van der Waals surface area contributed by atoms with Crippen molar-refractivity contribution in [2.45, 2.75) is 45.6 Å². The molecule has 3 aliphatic heterocycles. The highest BCUT2D eigenvalue weighted by Gasteiger charge is 2.38. The second-order valence-corrected chi connectivity index (χ2v) is 9.16. The minimum Gasteiger partial charge on any atom is -0.341 e. The summed E-state index contributed by atoms with van der Waals surface area (Å²) in [4.78, 5) is 46.2. The number of carbonyl (C=O) groups is 3. The average molecular weight is 427 g/mol. The maximum absolute atomic E-state index is 13.1. The molecular formula is C24H34N4O3. The van der Waals surface area contributed by atoms with Gasteiger partial charge in [-0.05, 0) is 45.2 Å². The fraction of sp³-hybridized carbons (Fsp3) is 0.625. The maximum Gasteiger partial charge on any atom is 0.239 e. The molecule has 7 nitrogen and oxygen atoms in total. The van der Waals surface area contributed by atoms with E-state index in [0.717, 1.165) is 37.2 Å². The third-order valence-electron chi connectivity index (χ3n) is 7.02. The van der Waals surface area contributed by atoms with Crippen molar-refractivity contribution in [2.24, 2.45) is 5.92 Å². The van der Waals surface area contributed by atoms with Gasteiger partial charge in [0.15, 0.2) is 0 Å². The molecule has 3 amide bonds. The van der Waals surface area contributed by atoms with Gasteiger partial charge in [-0.2, -0.15) is 0 Å². The van der Waals surface area contributed by atoms with E-state index in [0.29, 0.717) is 32.7 Å². The summed E-state index contributed by atoms with van der Waals surface area (Å²) in [6.45, 7) is 8.83. The summed E-state index contributed by atoms with van der Waals surface area (Å²) in [5.41, 5.74) is 2.01. The van der Waals surface area contributed by atoms with Crippen LogP contribution in [-0.2, 0) is 14.4 Å². The molecule has 3 heterocycles. The lowest BCUT2D eigenvalue weighted by Crippen LogP contribution is -2.56. The molecular weight excluding hydrogens is 392 g/mol. The number of nitrogens with zero attached hydrogens (tertiary/aromatic N) is 4. The average Bonchev–Trinajstić information content (AvgIpc) is 3.20. The smallest absolute Gasteiger partial charge is 0.239 e. The Morgan fingerprint density at radius 1 is 0.903 bits per heavy atom. The summed E-state index contributed by atoms with van der Waals surface area (Å²) < 4.78 is 0. The van der Waals surface area contributed by atoms with Crippen LogP contribution < -0.4 is 4.90 Å². The minimum atomic E-state index is -0.284. The Kier molecular flexibility index (Phi) is 6.60. The lowest BCUT2D eigenvalue weighted by molar-refractivity contribution is -0.141. The van der Waals surface area contributed by atoms with Crippen LogP contribution in [0.5, 0.6) is 0 Å². The first-order valence-electron chi connectivity index (χ1n) is 11.6. The van der Waals surface area contributed by atoms with Crippen LogP contribution in [0.2, 0.25) is 0 Å². The van der Waals surface area contributed by atoms with E-state index in [4.69, 9.17) is 0 Å². The van der Waals surface area contributed by atoms with E-state index < -0.39 is 0 Å². The Bertz CT molecular complexity index is 811. The van der Waals surface area contributed by atoms with E-state index >= 15 is 0 Å². The van der Waals surface area contributed by atoms with Gasteiger partial charge in [-0.25, -0.2) is 0 Å². The molecule has 0 bridgehead atoms. The van der Waals surface area contributed by atoms with E-state index in [1.807, 2.05) is 47.9 Å². The zero-order chi connectivity index (χ0) is 22.0. The Hall–Kier alpha value is -2.41. The summed E-state index contributed by atoms with van der Waals surface area (Å²) in [5, 5.41) is 0. The van der Waals surface area contributed by atoms with Crippen LogP contribution in [-0.4, -0.2) is 84.3 Å². The Morgan fingerprint density at radius 2 is 1.55 bits per heavy atom. The lowest BCUT2D eigenvalue weighted by Gasteiger charge is -2.40. The Balaban J connectivity index is 1.29. The third kappa shape index (κ3) is 4.76. The highest BCUT2D eigenvalue weighted by atomic mass is 16.2. The second-order valence-electron chi connectivity index (χ2n) is 9.16. The van der Waals surface area contributed by atoms with Crippen LogP contribution in [0.4, 0.5) is 5.69 Å². The molecule has 0 aliphatic carbocycles. The number of amides is 3. The molecule has 0 N–H and O–H groups in total. The highest BCUT2D eigenvalue weighted by molar-refractivity contribution is 6.00. The lowest BCUT2D eigenvalue weighted by atomic mass is 10.1. The van der Waals surface area contributed by atoms with Crippen molar-refractivity contribution in [2.75, 3.05) is 50.7 Å². The van der Waals surface area contributed by atoms with Gasteiger partial charge >= 0.3 is 0 Å². The number of hydrogen-bond donors (Lipinski definition) is 0. The predicted octanol–water partition coefficient (Wildman–Crippen LogP) is 1.89. The molecule has 3 aliphatic rings. The standard InChI is InChI=1S/C24H34N4O3/c1-18-6-8-21(9-7-18)28-17-20(16-22(28)29)24(31)27-14-12-25(13-15-27)19(2)23(30)26-10-4-3-5-11-26/h6-9,19-20H,3-5,10-17H2,1-2H3. The topological polar surface area (TPSA) is 64.2 Å². The van der Waals surface area contributed by atoms with E-state index in [-0.39, 0.29) is 36.1 Å². The molecule has 1 aromatic carbocycles. The molecule has 3 saturated heterocycles. The van der Waals surface area contributed by atoms with Gasteiger partial charge in [0.25, 0.3) is 0 Å². The SMILES string of the molecule is Cc1ccc(N2CC(C(=O)N3CCN(C(C)C(=O)N4CCCCC4)CC3)CC2=O)cc1. The van der Waals surface area contributed by atoms with Crippen LogP contribution in [0.25, 0.3) is 0 Å². The number of rotatable bonds is 4. The van der Waals surface area contributed by atoms with Gasteiger partial charge in [-0.1, -0.05) is 17.7 Å². The fourth-order valence-corrected chi connectivity index (χ4v) is 4.97. The number of aryl methyl sites for hydroxylation is 1. The van der Waals surface area contributed by atoms with Gasteiger partial charge in [0.1, 0.15) is 0 Å². The van der Waals surface area contributed by atoms with Crippen LogP contribution in [0.3, 0.4) is 0 Å². The van der Waals surface area contributed by atoms with Crippen LogP contribution in [0.15, 0.2) is 24.3 Å². The number of carbonyl (C=O) groups excluding carboxylic acids is 3. The summed E-state index contributed by atoms with van der Waals surface area (Å²) in [5.74, 6) is 0.0153. The van der Waals surface area contributed by atoms with Crippen molar-refractivity contribution < 1.29 is 14.4 Å². The highest BCUT2D eigenvalue weighted by Crippen LogP contribution is 2.27. The van der Waals surface area contributed by atoms with E-state index in [2.05, 4.69) is 4.90 Å². The van der Waals surface area contributed by atoms with Crippen molar-refractivity contribution in [3.8, 4) is 0 Å². The number of likely N-dealkylation sites (tertiary alicyclic amines) is 1. The number of piperazine rings is 1. The Morgan fingerprint density at radius 3 is 2.19 bits per heavy atom. The van der Waals surface area contributed by atoms with Crippen molar-refractivity contribution in [3.05, 3.63) is 29.8 Å². The first-order valence-corrected chi connectivity index (χ1v) is 11.6. The van der Waals surface area contributed by atoms with Crippen molar-refractivity contribution in [1.82, 2.24) is 14.7 Å². The number of benzene rings is 1. The predicted molar refractivity (Wildman–Crippen MR) is 120 cm³/mol. The first kappa shape index (κ1) is 21.8. The maximum atomic E-state index is 13.1. The van der Waals surface area contributed by atoms with E-state index in [9.17, 15) is 14.4 Å². The zero-order valence-corrected chi connectivity index (χ0v) is 18.8. The van der Waals surface area contributed by atoms with Crippen LogP contribution >= 0.6 is 0 Å².